The van der Waals surface area contributed by atoms with Gasteiger partial charge in [0.05, 0.1) is 0 Å². The van der Waals surface area contributed by atoms with Crippen molar-refractivity contribution in [3.05, 3.63) is 12.2 Å². The van der Waals surface area contributed by atoms with Crippen LogP contribution in [0.4, 0.5) is 0 Å². The molecule has 0 radical (unpaired) electrons. The van der Waals surface area contributed by atoms with Crippen LogP contribution in [0.2, 0.25) is 0 Å². The van der Waals surface area contributed by atoms with E-state index in [1.807, 2.05) is 0 Å². The van der Waals surface area contributed by atoms with Gasteiger partial charge in [-0.2, -0.15) is 0 Å². The van der Waals surface area contributed by atoms with Gasteiger partial charge >= 0.3 is 0 Å². The average Bonchev–Trinajstić information content (AvgIpc) is 1.94. The number of allylic oxidation sites excluding steroid dienone is 1. The van der Waals surface area contributed by atoms with E-state index in [2.05, 4.69) is 20.4 Å². The van der Waals surface area contributed by atoms with Crippen LogP contribution in [0.1, 0.15) is 13.8 Å². The Morgan fingerprint density at radius 3 is 1.50 bits per heavy atom. The summed E-state index contributed by atoms with van der Waals surface area (Å²) in [6.07, 6.45) is 0. The van der Waals surface area contributed by atoms with Crippen LogP contribution in [0, 0.1) is 11.8 Å². The van der Waals surface area contributed by atoms with Gasteiger partial charge in [0.2, 0.25) is 0 Å². The molecule has 0 N–H and O–H groups in total. The molecule has 0 saturated heterocycles. The van der Waals surface area contributed by atoms with E-state index in [0.717, 1.165) is 11.8 Å². The first-order valence-corrected chi connectivity index (χ1v) is 2.42. The molecule has 1 aliphatic carbocycles. The van der Waals surface area contributed by atoms with Crippen LogP contribution < -0.4 is 0 Å². The number of hydrogen-bond donors (Lipinski definition) is 0. The topological polar surface area (TPSA) is 0 Å². The number of hydrogen-bond acceptors (Lipinski definition) is 0. The molecule has 6 heavy (non-hydrogen) atoms. The lowest BCUT2D eigenvalue weighted by Gasteiger charge is -1.65. The summed E-state index contributed by atoms with van der Waals surface area (Å²) in [6.45, 7) is 8.26. The van der Waals surface area contributed by atoms with Gasteiger partial charge in [0.15, 0.2) is 0 Å². The van der Waals surface area contributed by atoms with Crippen LogP contribution in [0.15, 0.2) is 12.2 Å². The highest BCUT2D eigenvalue weighted by Gasteiger charge is 2.32. The third kappa shape index (κ3) is 0.296. The molecular weight excluding hydrogens is 72.1 g/mol. The van der Waals surface area contributed by atoms with Gasteiger partial charge in [-0.15, -0.1) is 0 Å². The van der Waals surface area contributed by atoms with E-state index < -0.39 is 0 Å². The summed E-state index contributed by atoms with van der Waals surface area (Å²) in [4.78, 5) is 0. The van der Waals surface area contributed by atoms with Crippen LogP contribution in [0.5, 0.6) is 0 Å². The molecule has 1 rings (SSSR count). The summed E-state index contributed by atoms with van der Waals surface area (Å²) in [5, 5.41) is 0. The van der Waals surface area contributed by atoms with E-state index in [1.165, 1.54) is 5.57 Å². The second kappa shape index (κ2) is 0.868. The van der Waals surface area contributed by atoms with Gasteiger partial charge in [0.25, 0.3) is 0 Å². The zero-order valence-corrected chi connectivity index (χ0v) is 4.36. The summed E-state index contributed by atoms with van der Waals surface area (Å²) in [5.74, 6) is 1.65. The fraction of sp³-hybridized carbons (Fsp3) is 0.667. The van der Waals surface area contributed by atoms with Gasteiger partial charge in [-0.25, -0.2) is 0 Å². The minimum atomic E-state index is 0.824. The largest absolute Gasteiger partial charge is 0.0993 e. The van der Waals surface area contributed by atoms with Crippen LogP contribution in [0.3, 0.4) is 0 Å². The van der Waals surface area contributed by atoms with Gasteiger partial charge in [-0.3, -0.25) is 0 Å². The molecule has 1 saturated carbocycles. The van der Waals surface area contributed by atoms with Gasteiger partial charge < -0.3 is 0 Å². The highest BCUT2D eigenvalue weighted by atomic mass is 14.4. The Bertz CT molecular complexity index is 72.0. The maximum Gasteiger partial charge on any atom is -0.0168 e. The maximum atomic E-state index is 3.83. The highest BCUT2D eigenvalue weighted by molar-refractivity contribution is 5.22. The van der Waals surface area contributed by atoms with E-state index in [-0.39, 0.29) is 0 Å². The molecule has 1 fully saturated rings. The molecule has 0 amide bonds. The zero-order valence-electron chi connectivity index (χ0n) is 4.36. The van der Waals surface area contributed by atoms with Crippen molar-refractivity contribution in [1.29, 1.82) is 0 Å². The second-order valence-corrected chi connectivity index (χ2v) is 2.15. The van der Waals surface area contributed by atoms with E-state index in [1.54, 1.807) is 0 Å². The highest BCUT2D eigenvalue weighted by Crippen LogP contribution is 2.42. The minimum absolute atomic E-state index is 0.824. The third-order valence-corrected chi connectivity index (χ3v) is 1.81. The predicted octanol–water partition coefficient (Wildman–Crippen LogP) is 1.83. The smallest absolute Gasteiger partial charge is 0.0168 e. The Morgan fingerprint density at radius 1 is 1.33 bits per heavy atom. The van der Waals surface area contributed by atoms with Crippen molar-refractivity contribution in [2.45, 2.75) is 13.8 Å². The molecule has 1 aliphatic rings. The quantitative estimate of drug-likeness (QED) is 0.391. The normalized spacial score (nSPS) is 43.3. The predicted molar refractivity (Wildman–Crippen MR) is 27.5 cm³/mol. The van der Waals surface area contributed by atoms with Crippen molar-refractivity contribution >= 4 is 0 Å². The lowest BCUT2D eigenvalue weighted by atomic mass is 10.4. The average molecular weight is 82.1 g/mol. The SMILES string of the molecule is C=C1[C@H](C)[C@H]1C. The summed E-state index contributed by atoms with van der Waals surface area (Å²) >= 11 is 0. The van der Waals surface area contributed by atoms with Crippen LogP contribution in [0.25, 0.3) is 0 Å². The summed E-state index contributed by atoms with van der Waals surface area (Å²) in [6, 6.07) is 0. The standard InChI is InChI=1S/C6H10/c1-4-5(2)6(4)3/h5-6H,1H2,2-3H3/t5-,6-/m0/s1. The Kier molecular flexibility index (Phi) is 0.566. The monoisotopic (exact) mass is 82.1 g/mol. The molecule has 0 nitrogen and oxygen atoms in total. The summed E-state index contributed by atoms with van der Waals surface area (Å²) in [5.41, 5.74) is 1.43. The molecule has 0 unspecified atom stereocenters. The number of rotatable bonds is 0. The van der Waals surface area contributed by atoms with Gasteiger partial charge in [0.1, 0.15) is 0 Å². The molecule has 0 heteroatoms. The molecule has 0 aliphatic heterocycles. The Labute approximate surface area is 38.9 Å². The van der Waals surface area contributed by atoms with Crippen molar-refractivity contribution < 1.29 is 0 Å². The van der Waals surface area contributed by atoms with E-state index in [0.29, 0.717) is 0 Å². The van der Waals surface area contributed by atoms with Crippen molar-refractivity contribution in [3.63, 3.8) is 0 Å². The molecule has 0 aromatic heterocycles. The van der Waals surface area contributed by atoms with Crippen molar-refractivity contribution in [2.24, 2.45) is 11.8 Å². The maximum absolute atomic E-state index is 3.83. The Balaban J connectivity index is 2.51. The molecule has 34 valence electrons. The van der Waals surface area contributed by atoms with Crippen LogP contribution in [-0.2, 0) is 0 Å². The summed E-state index contributed by atoms with van der Waals surface area (Å²) in [7, 11) is 0. The van der Waals surface area contributed by atoms with Crippen molar-refractivity contribution in [3.8, 4) is 0 Å². The van der Waals surface area contributed by atoms with Crippen molar-refractivity contribution in [1.82, 2.24) is 0 Å². The Hall–Kier alpha value is -0.260. The van der Waals surface area contributed by atoms with Gasteiger partial charge in [-0.1, -0.05) is 26.0 Å². The fourth-order valence-corrected chi connectivity index (χ4v) is 0.654. The van der Waals surface area contributed by atoms with Crippen molar-refractivity contribution in [2.75, 3.05) is 0 Å². The Morgan fingerprint density at radius 2 is 1.50 bits per heavy atom. The molecule has 0 aromatic carbocycles. The van der Waals surface area contributed by atoms with Crippen LogP contribution >= 0.6 is 0 Å². The summed E-state index contributed by atoms with van der Waals surface area (Å²) < 4.78 is 0. The molecule has 0 bridgehead atoms. The van der Waals surface area contributed by atoms with Crippen LogP contribution in [-0.4, -0.2) is 0 Å². The van der Waals surface area contributed by atoms with E-state index in [4.69, 9.17) is 0 Å². The molecular formula is C6H10. The van der Waals surface area contributed by atoms with E-state index in [9.17, 15) is 0 Å². The lowest BCUT2D eigenvalue weighted by Crippen LogP contribution is -1.58. The first kappa shape index (κ1) is 3.91. The zero-order chi connectivity index (χ0) is 4.73. The second-order valence-electron chi connectivity index (χ2n) is 2.15. The first-order chi connectivity index (χ1) is 2.73. The molecule has 0 heterocycles. The molecule has 0 spiro atoms. The third-order valence-electron chi connectivity index (χ3n) is 1.81. The lowest BCUT2D eigenvalue weighted by molar-refractivity contribution is 0.834. The van der Waals surface area contributed by atoms with E-state index >= 15 is 0 Å². The molecule has 0 aromatic rings. The fourth-order valence-electron chi connectivity index (χ4n) is 0.654. The van der Waals surface area contributed by atoms with Gasteiger partial charge in [-0.05, 0) is 11.8 Å². The van der Waals surface area contributed by atoms with Gasteiger partial charge in [0, 0.05) is 0 Å². The molecule has 2 atom stereocenters. The first-order valence-electron chi connectivity index (χ1n) is 2.42. The minimum Gasteiger partial charge on any atom is -0.0993 e.